The maximum absolute atomic E-state index is 11.7. The van der Waals surface area contributed by atoms with E-state index < -0.39 is 24.0 Å². The van der Waals surface area contributed by atoms with Crippen molar-refractivity contribution in [3.63, 3.8) is 0 Å². The van der Waals surface area contributed by atoms with Gasteiger partial charge in [0.1, 0.15) is 0 Å². The van der Waals surface area contributed by atoms with Crippen LogP contribution >= 0.6 is 11.6 Å². The van der Waals surface area contributed by atoms with Crippen LogP contribution in [0.1, 0.15) is 12.5 Å². The number of nitrogens with one attached hydrogen (secondary N) is 1. The minimum atomic E-state index is -1.18. The molecule has 0 saturated carbocycles. The van der Waals surface area contributed by atoms with Crippen molar-refractivity contribution in [2.75, 3.05) is 14.2 Å². The maximum atomic E-state index is 11.7. The van der Waals surface area contributed by atoms with Crippen LogP contribution in [0, 0.1) is 0 Å². The number of amides is 3. The lowest BCUT2D eigenvalue weighted by Gasteiger charge is -2.11. The van der Waals surface area contributed by atoms with E-state index in [4.69, 9.17) is 31.5 Å². The number of urea groups is 1. The molecule has 24 heavy (non-hydrogen) atoms. The van der Waals surface area contributed by atoms with Gasteiger partial charge in [-0.15, -0.1) is 0 Å². The Morgan fingerprint density at radius 2 is 1.92 bits per heavy atom. The van der Waals surface area contributed by atoms with E-state index in [0.717, 1.165) is 6.08 Å². The van der Waals surface area contributed by atoms with Crippen LogP contribution in [0.3, 0.4) is 0 Å². The highest BCUT2D eigenvalue weighted by atomic mass is 35.5. The van der Waals surface area contributed by atoms with E-state index in [-0.39, 0.29) is 0 Å². The molecule has 1 aromatic carbocycles. The van der Waals surface area contributed by atoms with Gasteiger partial charge < -0.3 is 19.9 Å². The quantitative estimate of drug-likeness (QED) is 0.589. The van der Waals surface area contributed by atoms with Gasteiger partial charge in [-0.3, -0.25) is 10.1 Å². The van der Waals surface area contributed by atoms with E-state index >= 15 is 0 Å². The van der Waals surface area contributed by atoms with Crippen LogP contribution in [0.25, 0.3) is 6.08 Å². The van der Waals surface area contributed by atoms with Crippen LogP contribution in [-0.2, 0) is 14.3 Å². The highest BCUT2D eigenvalue weighted by Gasteiger charge is 2.17. The van der Waals surface area contributed by atoms with Crippen LogP contribution in [0.4, 0.5) is 4.79 Å². The topological polar surface area (TPSA) is 117 Å². The third kappa shape index (κ3) is 5.47. The van der Waals surface area contributed by atoms with Gasteiger partial charge in [0.2, 0.25) is 0 Å². The first-order valence-corrected chi connectivity index (χ1v) is 7.06. The minimum Gasteiger partial charge on any atom is -0.493 e. The van der Waals surface area contributed by atoms with Gasteiger partial charge in [0.15, 0.2) is 17.6 Å². The van der Waals surface area contributed by atoms with Crippen LogP contribution in [0.2, 0.25) is 5.02 Å². The van der Waals surface area contributed by atoms with Gasteiger partial charge >= 0.3 is 12.0 Å². The number of hydrogen-bond donors (Lipinski definition) is 2. The molecule has 1 aromatic rings. The standard InChI is InChI=1S/C15H17ClN2O6/c1-8(14(20)18-15(17)21)24-12(19)5-4-9-6-10(16)13(23-3)11(7-9)22-2/h4-8H,1-3H3,(H3,17,18,20,21)/b5-4+/t8-/m0/s1. The monoisotopic (exact) mass is 356 g/mol. The lowest BCUT2D eigenvalue weighted by atomic mass is 10.2. The van der Waals surface area contributed by atoms with Gasteiger partial charge in [0, 0.05) is 6.08 Å². The number of rotatable bonds is 6. The summed E-state index contributed by atoms with van der Waals surface area (Å²) in [5.41, 5.74) is 5.36. The molecule has 9 heteroatoms. The summed E-state index contributed by atoms with van der Waals surface area (Å²) in [6, 6.07) is 2.14. The van der Waals surface area contributed by atoms with E-state index in [0.29, 0.717) is 22.1 Å². The van der Waals surface area contributed by atoms with Crippen molar-refractivity contribution in [1.82, 2.24) is 5.32 Å². The number of imide groups is 1. The summed E-state index contributed by atoms with van der Waals surface area (Å²) < 4.78 is 15.1. The smallest absolute Gasteiger partial charge is 0.331 e. The average Bonchev–Trinajstić information content (AvgIpc) is 2.51. The number of nitrogens with two attached hydrogens (primary N) is 1. The number of methoxy groups -OCH3 is 2. The maximum Gasteiger partial charge on any atom is 0.331 e. The van der Waals surface area contributed by atoms with Gasteiger partial charge in [-0.25, -0.2) is 9.59 Å². The van der Waals surface area contributed by atoms with Crippen LogP contribution in [0.15, 0.2) is 18.2 Å². The molecule has 3 N–H and O–H groups in total. The minimum absolute atomic E-state index is 0.305. The molecule has 0 aliphatic heterocycles. The molecule has 3 amide bonds. The number of carbonyl (C=O) groups is 3. The molecule has 0 unspecified atom stereocenters. The van der Waals surface area contributed by atoms with Gasteiger partial charge in [0.25, 0.3) is 5.91 Å². The Morgan fingerprint density at radius 1 is 1.25 bits per heavy atom. The molecular formula is C15H17ClN2O6. The summed E-state index contributed by atoms with van der Waals surface area (Å²) in [4.78, 5) is 33.6. The zero-order valence-corrected chi connectivity index (χ0v) is 14.0. The van der Waals surface area contributed by atoms with Gasteiger partial charge in [0.05, 0.1) is 19.2 Å². The molecule has 0 aliphatic carbocycles. The average molecular weight is 357 g/mol. The second-order valence-corrected chi connectivity index (χ2v) is 4.91. The molecule has 1 atom stereocenters. The Labute approximate surface area is 143 Å². The number of ether oxygens (including phenoxy) is 3. The lowest BCUT2D eigenvalue weighted by Crippen LogP contribution is -2.42. The first kappa shape index (κ1) is 19.3. The third-order valence-corrected chi connectivity index (χ3v) is 3.06. The van der Waals surface area contributed by atoms with Crippen molar-refractivity contribution >= 4 is 35.6 Å². The highest BCUT2D eigenvalue weighted by Crippen LogP contribution is 2.36. The second-order valence-electron chi connectivity index (χ2n) is 4.50. The molecule has 0 spiro atoms. The van der Waals surface area contributed by atoms with Crippen LogP contribution in [-0.4, -0.2) is 38.2 Å². The van der Waals surface area contributed by atoms with Crippen molar-refractivity contribution in [3.8, 4) is 11.5 Å². The van der Waals surface area contributed by atoms with Crippen molar-refractivity contribution in [1.29, 1.82) is 0 Å². The highest BCUT2D eigenvalue weighted by molar-refractivity contribution is 6.32. The molecule has 0 saturated heterocycles. The van der Waals surface area contributed by atoms with E-state index in [1.165, 1.54) is 27.2 Å². The van der Waals surface area contributed by atoms with Crippen molar-refractivity contribution in [3.05, 3.63) is 28.8 Å². The number of halogens is 1. The fourth-order valence-corrected chi connectivity index (χ4v) is 1.98. The lowest BCUT2D eigenvalue weighted by molar-refractivity contribution is -0.149. The Morgan fingerprint density at radius 3 is 2.46 bits per heavy atom. The van der Waals surface area contributed by atoms with Crippen LogP contribution < -0.4 is 20.5 Å². The molecule has 0 fully saturated rings. The number of hydrogen-bond acceptors (Lipinski definition) is 6. The van der Waals surface area contributed by atoms with E-state index in [1.54, 1.807) is 12.1 Å². The molecule has 0 bridgehead atoms. The van der Waals surface area contributed by atoms with Gasteiger partial charge in [-0.2, -0.15) is 0 Å². The number of benzene rings is 1. The first-order chi connectivity index (χ1) is 11.3. The summed E-state index contributed by atoms with van der Waals surface area (Å²) in [6.45, 7) is 1.30. The van der Waals surface area contributed by atoms with E-state index in [9.17, 15) is 14.4 Å². The summed E-state index contributed by atoms with van der Waals surface area (Å²) in [5, 5.41) is 2.11. The van der Waals surface area contributed by atoms with Crippen molar-refractivity contribution in [2.45, 2.75) is 13.0 Å². The third-order valence-electron chi connectivity index (χ3n) is 2.78. The van der Waals surface area contributed by atoms with Gasteiger partial charge in [-0.05, 0) is 30.7 Å². The fraction of sp³-hybridized carbons (Fsp3) is 0.267. The molecule has 8 nitrogen and oxygen atoms in total. The van der Waals surface area contributed by atoms with E-state index in [1.807, 2.05) is 5.32 Å². The van der Waals surface area contributed by atoms with E-state index in [2.05, 4.69) is 0 Å². The fourth-order valence-electron chi connectivity index (χ4n) is 1.69. The summed E-state index contributed by atoms with van der Waals surface area (Å²) >= 11 is 6.05. The SMILES string of the molecule is COc1cc(/C=C/C(=O)O[C@@H](C)C(=O)NC(N)=O)cc(Cl)c1OC. The molecular weight excluding hydrogens is 340 g/mol. The predicted molar refractivity (Wildman–Crippen MR) is 86.9 cm³/mol. The largest absolute Gasteiger partial charge is 0.493 e. The van der Waals surface area contributed by atoms with Gasteiger partial charge in [-0.1, -0.05) is 11.6 Å². The number of esters is 1. The Kier molecular flexibility index (Phi) is 7.06. The molecule has 0 aliphatic rings. The summed E-state index contributed by atoms with van der Waals surface area (Å²) in [7, 11) is 2.91. The van der Waals surface area contributed by atoms with Crippen molar-refractivity contribution < 1.29 is 28.6 Å². The molecule has 1 rings (SSSR count). The zero-order chi connectivity index (χ0) is 18.3. The second kappa shape index (κ2) is 8.78. The zero-order valence-electron chi connectivity index (χ0n) is 13.3. The van der Waals surface area contributed by atoms with Crippen LogP contribution in [0.5, 0.6) is 11.5 Å². The Balaban J connectivity index is 2.78. The summed E-state index contributed by atoms with van der Waals surface area (Å²) in [6.07, 6.45) is 1.35. The normalized spacial score (nSPS) is 11.7. The Bertz CT molecular complexity index is 674. The number of carbonyl (C=O) groups excluding carboxylic acids is 3. The molecule has 0 radical (unpaired) electrons. The first-order valence-electron chi connectivity index (χ1n) is 6.69. The van der Waals surface area contributed by atoms with Crippen molar-refractivity contribution in [2.24, 2.45) is 5.73 Å². The molecule has 130 valence electrons. The predicted octanol–water partition coefficient (Wildman–Crippen LogP) is 1.50. The molecule has 0 heterocycles. The number of primary amides is 1. The Hall–Kier alpha value is -2.74. The molecule has 0 aromatic heterocycles. The summed E-state index contributed by atoms with van der Waals surface area (Å²) in [5.74, 6) is -0.839.